The molecule has 0 aromatic carbocycles. The number of aryl methyl sites for hydroxylation is 1. The lowest BCUT2D eigenvalue weighted by atomic mass is 9.97. The van der Waals surface area contributed by atoms with Crippen LogP contribution in [-0.4, -0.2) is 41.2 Å². The van der Waals surface area contributed by atoms with Crippen LogP contribution in [0.1, 0.15) is 44.7 Å². The predicted molar refractivity (Wildman–Crippen MR) is 91.2 cm³/mol. The second-order valence-electron chi connectivity index (χ2n) is 7.34. The lowest BCUT2D eigenvalue weighted by Gasteiger charge is -2.33. The van der Waals surface area contributed by atoms with E-state index >= 15 is 0 Å². The molecule has 5 nitrogen and oxygen atoms in total. The maximum atomic E-state index is 12.0. The molecule has 2 rings (SSSR count). The van der Waals surface area contributed by atoms with E-state index in [1.54, 1.807) is 0 Å². The highest BCUT2D eigenvalue weighted by Crippen LogP contribution is 2.19. The quantitative estimate of drug-likeness (QED) is 0.926. The van der Waals surface area contributed by atoms with E-state index in [9.17, 15) is 4.79 Å². The van der Waals surface area contributed by atoms with Crippen LogP contribution in [0.5, 0.6) is 0 Å². The van der Waals surface area contributed by atoms with Gasteiger partial charge in [-0.25, -0.2) is 4.79 Å². The Hall–Kier alpha value is -1.62. The van der Waals surface area contributed by atoms with Gasteiger partial charge in [-0.3, -0.25) is 4.98 Å². The minimum atomic E-state index is -0.420. The third-order valence-electron chi connectivity index (χ3n) is 4.16. The van der Waals surface area contributed by atoms with Crippen LogP contribution in [0.25, 0.3) is 0 Å². The molecule has 1 saturated heterocycles. The Balaban J connectivity index is 1.69. The van der Waals surface area contributed by atoms with Crippen LogP contribution in [-0.2, 0) is 11.3 Å². The maximum absolute atomic E-state index is 12.0. The monoisotopic (exact) mass is 319 g/mol. The van der Waals surface area contributed by atoms with Crippen molar-refractivity contribution in [2.24, 2.45) is 5.92 Å². The molecule has 128 valence electrons. The first-order valence-corrected chi connectivity index (χ1v) is 8.43. The van der Waals surface area contributed by atoms with E-state index in [1.807, 2.05) is 44.1 Å². The highest BCUT2D eigenvalue weighted by Gasteiger charge is 2.26. The minimum Gasteiger partial charge on any atom is -0.444 e. The third kappa shape index (κ3) is 5.82. The molecule has 0 saturated carbocycles. The molecule has 0 bridgehead atoms. The number of carbonyl (C=O) groups is 1. The van der Waals surface area contributed by atoms with E-state index in [2.05, 4.69) is 17.2 Å². The fraction of sp³-hybridized carbons (Fsp3) is 0.667. The molecule has 23 heavy (non-hydrogen) atoms. The van der Waals surface area contributed by atoms with E-state index in [1.165, 1.54) is 11.1 Å². The smallest absolute Gasteiger partial charge is 0.410 e. The molecule has 1 N–H and O–H groups in total. The van der Waals surface area contributed by atoms with Gasteiger partial charge in [0, 0.05) is 32.0 Å². The van der Waals surface area contributed by atoms with E-state index in [0.29, 0.717) is 5.92 Å². The summed E-state index contributed by atoms with van der Waals surface area (Å²) in [7, 11) is 0. The summed E-state index contributed by atoms with van der Waals surface area (Å²) >= 11 is 0. The first-order chi connectivity index (χ1) is 10.8. The third-order valence-corrected chi connectivity index (χ3v) is 4.16. The standard InChI is InChI=1S/C18H29N3O2/c1-14-5-8-19-12-16(14)13-20-11-15-6-9-21(10-7-15)17(22)23-18(2,3)4/h5,8,12,15,20H,6-7,9-11,13H2,1-4H3. The molecule has 0 unspecified atom stereocenters. The zero-order valence-corrected chi connectivity index (χ0v) is 14.8. The topological polar surface area (TPSA) is 54.5 Å². The van der Waals surface area contributed by atoms with E-state index in [-0.39, 0.29) is 6.09 Å². The minimum absolute atomic E-state index is 0.185. The number of amides is 1. The molecule has 5 heteroatoms. The van der Waals surface area contributed by atoms with Gasteiger partial charge in [-0.2, -0.15) is 0 Å². The Labute approximate surface area is 139 Å². The second-order valence-corrected chi connectivity index (χ2v) is 7.34. The summed E-state index contributed by atoms with van der Waals surface area (Å²) in [6.07, 6.45) is 5.62. The number of rotatable bonds is 4. The molecule has 0 spiro atoms. The number of hydrogen-bond acceptors (Lipinski definition) is 4. The van der Waals surface area contributed by atoms with Gasteiger partial charge in [0.25, 0.3) is 0 Å². The van der Waals surface area contributed by atoms with Crippen molar-refractivity contribution in [1.29, 1.82) is 0 Å². The van der Waals surface area contributed by atoms with Crippen LogP contribution in [0.3, 0.4) is 0 Å². The van der Waals surface area contributed by atoms with Crippen LogP contribution in [0.15, 0.2) is 18.5 Å². The number of pyridine rings is 1. The Bertz CT molecular complexity index is 517. The average molecular weight is 319 g/mol. The molecular formula is C18H29N3O2. The number of likely N-dealkylation sites (tertiary alicyclic amines) is 1. The number of carbonyl (C=O) groups excluding carboxylic acids is 1. The zero-order chi connectivity index (χ0) is 16.9. The van der Waals surface area contributed by atoms with Gasteiger partial charge in [0.2, 0.25) is 0 Å². The van der Waals surface area contributed by atoms with Crippen LogP contribution in [0.2, 0.25) is 0 Å². The van der Waals surface area contributed by atoms with Crippen LogP contribution >= 0.6 is 0 Å². The Kier molecular flexibility index (Phi) is 5.99. The Morgan fingerprint density at radius 2 is 2.09 bits per heavy atom. The number of hydrogen-bond donors (Lipinski definition) is 1. The van der Waals surface area contributed by atoms with Crippen LogP contribution < -0.4 is 5.32 Å². The second kappa shape index (κ2) is 7.77. The van der Waals surface area contributed by atoms with Gasteiger partial charge < -0.3 is 15.0 Å². The zero-order valence-electron chi connectivity index (χ0n) is 14.8. The van der Waals surface area contributed by atoms with Crippen molar-refractivity contribution in [1.82, 2.24) is 15.2 Å². The van der Waals surface area contributed by atoms with Crippen molar-refractivity contribution >= 4 is 6.09 Å². The maximum Gasteiger partial charge on any atom is 0.410 e. The van der Waals surface area contributed by atoms with E-state index in [4.69, 9.17) is 4.74 Å². The van der Waals surface area contributed by atoms with Gasteiger partial charge >= 0.3 is 6.09 Å². The molecule has 1 amide bonds. The normalized spacial score (nSPS) is 16.4. The molecule has 1 aliphatic heterocycles. The van der Waals surface area contributed by atoms with Gasteiger partial charge in [0.15, 0.2) is 0 Å². The molecule has 1 aromatic rings. The molecule has 1 aliphatic rings. The van der Waals surface area contributed by atoms with Crippen molar-refractivity contribution in [2.75, 3.05) is 19.6 Å². The average Bonchev–Trinajstić information content (AvgIpc) is 2.48. The van der Waals surface area contributed by atoms with Crippen molar-refractivity contribution in [3.8, 4) is 0 Å². The van der Waals surface area contributed by atoms with Gasteiger partial charge in [0.1, 0.15) is 5.60 Å². The summed E-state index contributed by atoms with van der Waals surface area (Å²) in [4.78, 5) is 18.0. The predicted octanol–water partition coefficient (Wildman–Crippen LogP) is 3.13. The van der Waals surface area contributed by atoms with Gasteiger partial charge in [-0.05, 0) is 70.2 Å². The van der Waals surface area contributed by atoms with Crippen LogP contribution in [0.4, 0.5) is 4.79 Å². The van der Waals surface area contributed by atoms with Gasteiger partial charge in [0.05, 0.1) is 0 Å². The molecular weight excluding hydrogens is 290 g/mol. The van der Waals surface area contributed by atoms with Crippen molar-refractivity contribution in [3.05, 3.63) is 29.6 Å². The summed E-state index contributed by atoms with van der Waals surface area (Å²) < 4.78 is 5.43. The summed E-state index contributed by atoms with van der Waals surface area (Å²) in [5.41, 5.74) is 2.10. The van der Waals surface area contributed by atoms with Crippen molar-refractivity contribution < 1.29 is 9.53 Å². The van der Waals surface area contributed by atoms with E-state index in [0.717, 1.165) is 39.0 Å². The molecule has 2 heterocycles. The number of ether oxygens (including phenoxy) is 1. The molecule has 1 aromatic heterocycles. The highest BCUT2D eigenvalue weighted by molar-refractivity contribution is 5.68. The first kappa shape index (κ1) is 17.7. The van der Waals surface area contributed by atoms with Gasteiger partial charge in [-0.1, -0.05) is 0 Å². The molecule has 0 aliphatic carbocycles. The largest absolute Gasteiger partial charge is 0.444 e. The fourth-order valence-corrected chi connectivity index (χ4v) is 2.74. The lowest BCUT2D eigenvalue weighted by molar-refractivity contribution is 0.0184. The summed E-state index contributed by atoms with van der Waals surface area (Å²) in [6, 6.07) is 2.04. The molecule has 0 atom stereocenters. The van der Waals surface area contributed by atoms with Crippen molar-refractivity contribution in [2.45, 2.75) is 52.7 Å². The summed E-state index contributed by atoms with van der Waals surface area (Å²) in [5.74, 6) is 0.616. The molecule has 1 fully saturated rings. The number of aromatic nitrogens is 1. The summed E-state index contributed by atoms with van der Waals surface area (Å²) in [6.45, 7) is 11.2. The summed E-state index contributed by atoms with van der Waals surface area (Å²) in [5, 5.41) is 3.52. The number of nitrogens with one attached hydrogen (secondary N) is 1. The molecule has 0 radical (unpaired) electrons. The fourth-order valence-electron chi connectivity index (χ4n) is 2.74. The lowest BCUT2D eigenvalue weighted by Crippen LogP contribution is -2.43. The van der Waals surface area contributed by atoms with Gasteiger partial charge in [-0.15, -0.1) is 0 Å². The number of piperidine rings is 1. The van der Waals surface area contributed by atoms with Crippen LogP contribution in [0, 0.1) is 12.8 Å². The van der Waals surface area contributed by atoms with E-state index < -0.39 is 5.60 Å². The Morgan fingerprint density at radius 3 is 2.70 bits per heavy atom. The first-order valence-electron chi connectivity index (χ1n) is 8.43. The highest BCUT2D eigenvalue weighted by atomic mass is 16.6. The Morgan fingerprint density at radius 1 is 1.39 bits per heavy atom. The van der Waals surface area contributed by atoms with Crippen molar-refractivity contribution in [3.63, 3.8) is 0 Å². The SMILES string of the molecule is Cc1ccncc1CNCC1CCN(C(=O)OC(C)(C)C)CC1. The number of nitrogens with zero attached hydrogens (tertiary/aromatic N) is 2.